The Morgan fingerprint density at radius 3 is 1.69 bits per heavy atom. The van der Waals surface area contributed by atoms with Crippen molar-refractivity contribution < 1.29 is 33.4 Å². The fourth-order valence-electron chi connectivity index (χ4n) is 10.0. The van der Waals surface area contributed by atoms with Crippen molar-refractivity contribution in [2.24, 2.45) is 5.41 Å². The van der Waals surface area contributed by atoms with Crippen LogP contribution in [0.3, 0.4) is 0 Å². The minimum Gasteiger partial charge on any atom is -0.494 e. The first-order valence-electron chi connectivity index (χ1n) is 24.0. The van der Waals surface area contributed by atoms with Crippen molar-refractivity contribution in [2.75, 3.05) is 21.3 Å². The molecule has 10 rings (SSSR count). The molecule has 7 aromatic carbocycles. The molecule has 3 heterocycles. The normalized spacial score (nSPS) is 16.7. The molecule has 0 aromatic heterocycles. The zero-order valence-corrected chi connectivity index (χ0v) is 39.9. The van der Waals surface area contributed by atoms with Gasteiger partial charge in [-0.2, -0.15) is 0 Å². The number of nitrogens with zero attached hydrogens (tertiary/aromatic N) is 3. The quantitative estimate of drug-likeness (QED) is 0.0941. The number of fused-ring (bicyclic) bond motifs is 3. The van der Waals surface area contributed by atoms with Crippen molar-refractivity contribution >= 4 is 46.6 Å². The Hall–Kier alpha value is -8.11. The molecule has 0 spiro atoms. The molecule has 5 amide bonds. The number of hydrogen-bond donors (Lipinski definition) is 0. The number of carbonyl (C=O) groups excluding carboxylic acids is 5. The molecule has 0 radical (unpaired) electrons. The lowest BCUT2D eigenvalue weighted by Gasteiger charge is -2.40. The maximum absolute atomic E-state index is 14.6. The first-order valence-corrected chi connectivity index (χ1v) is 24.0. The van der Waals surface area contributed by atoms with Gasteiger partial charge < -0.3 is 9.47 Å². The molecule has 0 bridgehead atoms. The molecular weight excluding hydrogens is 875 g/mol. The molecule has 2 unspecified atom stereocenters. The van der Waals surface area contributed by atoms with Crippen molar-refractivity contribution in [3.05, 3.63) is 214 Å². The first-order chi connectivity index (χ1) is 33.8. The summed E-state index contributed by atoms with van der Waals surface area (Å²) in [6, 6.07) is 49.5. The lowest BCUT2D eigenvalue weighted by Crippen LogP contribution is -2.46. The van der Waals surface area contributed by atoms with Crippen LogP contribution in [-0.4, -0.2) is 36.1 Å². The van der Waals surface area contributed by atoms with Crippen LogP contribution in [-0.2, 0) is 5.54 Å². The molecule has 350 valence electrons. The number of anilines is 3. The van der Waals surface area contributed by atoms with Gasteiger partial charge in [0.15, 0.2) is 0 Å². The van der Waals surface area contributed by atoms with Crippen molar-refractivity contribution in [2.45, 2.75) is 71.8 Å². The van der Waals surface area contributed by atoms with Crippen LogP contribution >= 0.6 is 0 Å². The summed E-state index contributed by atoms with van der Waals surface area (Å²) in [6.45, 7) is 11.5. The van der Waals surface area contributed by atoms with E-state index in [1.807, 2.05) is 114 Å². The second kappa shape index (κ2) is 18.1. The van der Waals surface area contributed by atoms with Gasteiger partial charge in [0.2, 0.25) is 0 Å². The SMILES string of the molecule is CCCC(C)c1ccc2c(c1)C(=O)N(c1cccc(N3C(=O)c4ccc(Oc5ccc(C6(c7ccc(OCCC(C)(C)CC)cc7)c7ccccc7C(=O)N6c6ccccc6)cc5)cc4C3=O)c1)C2=O. The predicted molar refractivity (Wildman–Crippen MR) is 272 cm³/mol. The fraction of sp³-hybridized carbons (Fsp3) is 0.217. The molecule has 0 saturated heterocycles. The molecule has 7 aromatic rings. The third kappa shape index (κ3) is 7.73. The fourth-order valence-corrected chi connectivity index (χ4v) is 10.0. The summed E-state index contributed by atoms with van der Waals surface area (Å²) in [5, 5.41) is 0. The van der Waals surface area contributed by atoms with E-state index in [0.717, 1.165) is 69.2 Å². The van der Waals surface area contributed by atoms with Crippen LogP contribution in [0.5, 0.6) is 17.2 Å². The molecule has 0 saturated carbocycles. The average Bonchev–Trinajstić information content (AvgIpc) is 3.90. The Balaban J connectivity index is 0.929. The van der Waals surface area contributed by atoms with Gasteiger partial charge in [-0.25, -0.2) is 9.80 Å². The van der Waals surface area contributed by atoms with Gasteiger partial charge in [0, 0.05) is 11.3 Å². The molecule has 10 nitrogen and oxygen atoms in total. The standard InChI is InChI=1S/C60H53N3O7/c1-6-14-38(3)39-21-31-48-51(35-39)56(66)61(54(48)64)43-17-13-18-44(36-43)62-55(65)49-32-30-47(37-52(49)57(62)67)70-46-28-24-41(25-29-46)60(40-22-26-45(27-23-40)69-34-33-59(4,5)7-2)53-20-12-11-19-50(53)58(68)63(60)42-15-9-8-10-16-42/h8-13,15-32,35-38H,6-7,14,33-34H2,1-5H3. The van der Waals surface area contributed by atoms with E-state index < -0.39 is 29.2 Å². The van der Waals surface area contributed by atoms with E-state index in [0.29, 0.717) is 34.8 Å². The van der Waals surface area contributed by atoms with E-state index in [-0.39, 0.29) is 39.7 Å². The van der Waals surface area contributed by atoms with E-state index in [1.165, 1.54) is 6.07 Å². The van der Waals surface area contributed by atoms with Crippen molar-refractivity contribution in [1.29, 1.82) is 0 Å². The lowest BCUT2D eigenvalue weighted by atomic mass is 9.76. The van der Waals surface area contributed by atoms with Crippen molar-refractivity contribution in [3.8, 4) is 17.2 Å². The largest absolute Gasteiger partial charge is 0.494 e. The second-order valence-corrected chi connectivity index (χ2v) is 19.1. The Morgan fingerprint density at radius 2 is 1.06 bits per heavy atom. The summed E-state index contributed by atoms with van der Waals surface area (Å²) >= 11 is 0. The molecule has 2 atom stereocenters. The number of para-hydroxylation sites is 1. The molecule has 0 aliphatic carbocycles. The number of amides is 5. The van der Waals surface area contributed by atoms with Crippen LogP contribution in [0.4, 0.5) is 17.1 Å². The topological polar surface area (TPSA) is 114 Å². The molecule has 3 aliphatic heterocycles. The molecular formula is C60H53N3O7. The summed E-state index contributed by atoms with van der Waals surface area (Å²) in [7, 11) is 0. The van der Waals surface area contributed by atoms with Crippen LogP contribution in [0.1, 0.15) is 140 Å². The van der Waals surface area contributed by atoms with Gasteiger partial charge in [0.1, 0.15) is 22.8 Å². The average molecular weight is 928 g/mol. The van der Waals surface area contributed by atoms with E-state index in [2.05, 4.69) is 34.6 Å². The molecule has 70 heavy (non-hydrogen) atoms. The van der Waals surface area contributed by atoms with Crippen LogP contribution in [0.25, 0.3) is 0 Å². The smallest absolute Gasteiger partial charge is 0.266 e. The zero-order chi connectivity index (χ0) is 48.9. The number of imide groups is 2. The highest BCUT2D eigenvalue weighted by molar-refractivity contribution is 6.36. The Morgan fingerprint density at radius 1 is 0.514 bits per heavy atom. The van der Waals surface area contributed by atoms with Crippen molar-refractivity contribution in [3.63, 3.8) is 0 Å². The summed E-state index contributed by atoms with van der Waals surface area (Å²) in [4.78, 5) is 74.1. The highest BCUT2D eigenvalue weighted by Crippen LogP contribution is 2.51. The summed E-state index contributed by atoms with van der Waals surface area (Å²) in [5.74, 6) is -0.367. The highest BCUT2D eigenvalue weighted by atomic mass is 16.5. The van der Waals surface area contributed by atoms with Crippen LogP contribution < -0.4 is 24.2 Å². The van der Waals surface area contributed by atoms with Gasteiger partial charge in [-0.3, -0.25) is 28.9 Å². The van der Waals surface area contributed by atoms with Gasteiger partial charge in [0.25, 0.3) is 29.5 Å². The monoisotopic (exact) mass is 927 g/mol. The zero-order valence-electron chi connectivity index (χ0n) is 39.9. The van der Waals surface area contributed by atoms with Gasteiger partial charge >= 0.3 is 0 Å². The van der Waals surface area contributed by atoms with Crippen LogP contribution in [0, 0.1) is 5.41 Å². The Labute approximate surface area is 408 Å². The summed E-state index contributed by atoms with van der Waals surface area (Å²) in [5.41, 5.74) is 5.42. The summed E-state index contributed by atoms with van der Waals surface area (Å²) < 4.78 is 12.6. The van der Waals surface area contributed by atoms with Gasteiger partial charge in [-0.1, -0.05) is 120 Å². The number of benzene rings is 7. The van der Waals surface area contributed by atoms with Gasteiger partial charge in [-0.15, -0.1) is 0 Å². The molecule has 10 heteroatoms. The van der Waals surface area contributed by atoms with E-state index in [1.54, 1.807) is 48.5 Å². The van der Waals surface area contributed by atoms with Gasteiger partial charge in [-0.05, 0) is 137 Å². The predicted octanol–water partition coefficient (Wildman–Crippen LogP) is 13.1. The van der Waals surface area contributed by atoms with Crippen LogP contribution in [0.2, 0.25) is 0 Å². The molecule has 3 aliphatic rings. The maximum Gasteiger partial charge on any atom is 0.266 e. The number of ether oxygens (including phenoxy) is 2. The summed E-state index contributed by atoms with van der Waals surface area (Å²) in [6.07, 6.45) is 3.92. The third-order valence-electron chi connectivity index (χ3n) is 14.3. The van der Waals surface area contributed by atoms with E-state index in [4.69, 9.17) is 9.47 Å². The third-order valence-corrected chi connectivity index (χ3v) is 14.3. The Bertz CT molecular complexity index is 3220. The minimum atomic E-state index is -1.08. The van der Waals surface area contributed by atoms with E-state index >= 15 is 0 Å². The number of carbonyl (C=O) groups is 5. The number of rotatable bonds is 15. The maximum atomic E-state index is 14.6. The van der Waals surface area contributed by atoms with Crippen LogP contribution in [0.15, 0.2) is 164 Å². The molecule has 0 fully saturated rings. The van der Waals surface area contributed by atoms with E-state index in [9.17, 15) is 24.0 Å². The van der Waals surface area contributed by atoms with Gasteiger partial charge in [0.05, 0.1) is 40.2 Å². The highest BCUT2D eigenvalue weighted by Gasteiger charge is 2.53. The minimum absolute atomic E-state index is 0.128. The second-order valence-electron chi connectivity index (χ2n) is 19.1. The first kappa shape index (κ1) is 45.7. The Kier molecular flexibility index (Phi) is 11.8. The van der Waals surface area contributed by atoms with Crippen molar-refractivity contribution in [1.82, 2.24) is 0 Å². The lowest BCUT2D eigenvalue weighted by molar-refractivity contribution is 0.0912. The number of hydrogen-bond acceptors (Lipinski definition) is 7. The molecule has 0 N–H and O–H groups in total.